The van der Waals surface area contributed by atoms with E-state index >= 15 is 0 Å². The SMILES string of the molecule is Cc1nn(-c2ccc(C(N)=NO)cc2)c(C)c1Br. The first-order valence-corrected chi connectivity index (χ1v) is 6.14. The monoisotopic (exact) mass is 308 g/mol. The Labute approximate surface area is 113 Å². The third-order valence-electron chi connectivity index (χ3n) is 2.72. The maximum Gasteiger partial charge on any atom is 0.170 e. The Bertz CT molecular complexity index is 601. The molecule has 0 radical (unpaired) electrons. The molecule has 0 saturated carbocycles. The second kappa shape index (κ2) is 4.81. The second-order valence-corrected chi connectivity index (χ2v) is 4.72. The van der Waals surface area contributed by atoms with Crippen LogP contribution in [0.4, 0.5) is 0 Å². The molecular weight excluding hydrogens is 296 g/mol. The molecule has 3 N–H and O–H groups in total. The van der Waals surface area contributed by atoms with E-state index in [0.717, 1.165) is 21.5 Å². The lowest BCUT2D eigenvalue weighted by molar-refractivity contribution is 0.318. The van der Waals surface area contributed by atoms with Crippen molar-refractivity contribution in [3.05, 3.63) is 45.7 Å². The predicted octanol–water partition coefficient (Wildman–Crippen LogP) is 2.35. The molecule has 0 saturated heterocycles. The maximum atomic E-state index is 8.60. The summed E-state index contributed by atoms with van der Waals surface area (Å²) in [5, 5.41) is 16.0. The molecule has 0 bridgehead atoms. The van der Waals surface area contributed by atoms with Crippen LogP contribution < -0.4 is 5.73 Å². The Morgan fingerprint density at radius 2 is 1.94 bits per heavy atom. The molecule has 1 aromatic heterocycles. The molecular formula is C12H13BrN4O. The molecule has 18 heavy (non-hydrogen) atoms. The van der Waals surface area contributed by atoms with Crippen LogP contribution in [-0.2, 0) is 0 Å². The van der Waals surface area contributed by atoms with E-state index in [1.807, 2.05) is 30.7 Å². The van der Waals surface area contributed by atoms with Crippen molar-refractivity contribution < 1.29 is 5.21 Å². The van der Waals surface area contributed by atoms with Gasteiger partial charge in [0.05, 0.1) is 21.5 Å². The lowest BCUT2D eigenvalue weighted by atomic mass is 10.2. The summed E-state index contributed by atoms with van der Waals surface area (Å²) in [6.45, 7) is 3.93. The topological polar surface area (TPSA) is 76.4 Å². The van der Waals surface area contributed by atoms with Gasteiger partial charge in [-0.3, -0.25) is 0 Å². The van der Waals surface area contributed by atoms with E-state index in [4.69, 9.17) is 10.9 Å². The number of hydrogen-bond acceptors (Lipinski definition) is 3. The van der Waals surface area contributed by atoms with Crippen LogP contribution in [0.15, 0.2) is 33.9 Å². The van der Waals surface area contributed by atoms with Crippen molar-refractivity contribution >= 4 is 21.8 Å². The second-order valence-electron chi connectivity index (χ2n) is 3.93. The molecule has 1 aromatic carbocycles. The minimum Gasteiger partial charge on any atom is -0.409 e. The first-order valence-electron chi connectivity index (χ1n) is 5.34. The Balaban J connectivity index is 2.43. The highest BCUT2D eigenvalue weighted by atomic mass is 79.9. The Morgan fingerprint density at radius 3 is 2.39 bits per heavy atom. The molecule has 94 valence electrons. The third kappa shape index (κ3) is 2.11. The van der Waals surface area contributed by atoms with Gasteiger partial charge in [0.25, 0.3) is 0 Å². The van der Waals surface area contributed by atoms with Gasteiger partial charge in [-0.25, -0.2) is 4.68 Å². The van der Waals surface area contributed by atoms with E-state index in [-0.39, 0.29) is 5.84 Å². The molecule has 2 rings (SSSR count). The van der Waals surface area contributed by atoms with Crippen molar-refractivity contribution in [3.63, 3.8) is 0 Å². The fourth-order valence-electron chi connectivity index (χ4n) is 1.71. The lowest BCUT2D eigenvalue weighted by Crippen LogP contribution is -2.13. The molecule has 0 spiro atoms. The van der Waals surface area contributed by atoms with Crippen LogP contribution in [0, 0.1) is 13.8 Å². The number of nitrogens with two attached hydrogens (primary N) is 1. The molecule has 0 aliphatic carbocycles. The number of aryl methyl sites for hydroxylation is 1. The summed E-state index contributed by atoms with van der Waals surface area (Å²) in [4.78, 5) is 0. The summed E-state index contributed by atoms with van der Waals surface area (Å²) < 4.78 is 2.85. The van der Waals surface area contributed by atoms with E-state index in [2.05, 4.69) is 26.2 Å². The van der Waals surface area contributed by atoms with Gasteiger partial charge in [-0.05, 0) is 54.0 Å². The molecule has 0 aliphatic heterocycles. The van der Waals surface area contributed by atoms with E-state index in [1.54, 1.807) is 12.1 Å². The lowest BCUT2D eigenvalue weighted by Gasteiger charge is -2.05. The van der Waals surface area contributed by atoms with E-state index in [0.29, 0.717) is 5.56 Å². The quantitative estimate of drug-likeness (QED) is 0.387. The Kier molecular flexibility index (Phi) is 3.38. The third-order valence-corrected chi connectivity index (χ3v) is 3.87. The highest BCUT2D eigenvalue weighted by Gasteiger charge is 2.10. The zero-order valence-corrected chi connectivity index (χ0v) is 11.6. The number of amidine groups is 1. The van der Waals surface area contributed by atoms with Gasteiger partial charge in [0.15, 0.2) is 5.84 Å². The van der Waals surface area contributed by atoms with Crippen LogP contribution in [0.3, 0.4) is 0 Å². The summed E-state index contributed by atoms with van der Waals surface area (Å²) in [7, 11) is 0. The molecule has 0 aliphatic rings. The van der Waals surface area contributed by atoms with Crippen LogP contribution in [0.25, 0.3) is 5.69 Å². The molecule has 5 nitrogen and oxygen atoms in total. The van der Waals surface area contributed by atoms with Crippen molar-refractivity contribution in [1.82, 2.24) is 9.78 Å². The first kappa shape index (κ1) is 12.6. The molecule has 6 heteroatoms. The van der Waals surface area contributed by atoms with Crippen LogP contribution in [-0.4, -0.2) is 20.8 Å². The Morgan fingerprint density at radius 1 is 1.33 bits per heavy atom. The molecule has 0 amide bonds. The fraction of sp³-hybridized carbons (Fsp3) is 0.167. The average molecular weight is 309 g/mol. The predicted molar refractivity (Wildman–Crippen MR) is 73.2 cm³/mol. The van der Waals surface area contributed by atoms with Crippen LogP contribution in [0.2, 0.25) is 0 Å². The normalized spacial score (nSPS) is 11.8. The Hall–Kier alpha value is -1.82. The molecule has 1 heterocycles. The van der Waals surface area contributed by atoms with Gasteiger partial charge in [0, 0.05) is 5.56 Å². The maximum absolute atomic E-state index is 8.60. The number of aromatic nitrogens is 2. The number of oxime groups is 1. The van der Waals surface area contributed by atoms with Crippen molar-refractivity contribution in [2.75, 3.05) is 0 Å². The largest absolute Gasteiger partial charge is 0.409 e. The van der Waals surface area contributed by atoms with E-state index in [1.165, 1.54) is 0 Å². The van der Waals surface area contributed by atoms with Gasteiger partial charge in [-0.2, -0.15) is 5.10 Å². The number of halogens is 1. The summed E-state index contributed by atoms with van der Waals surface area (Å²) in [6, 6.07) is 7.32. The molecule has 0 unspecified atom stereocenters. The number of rotatable bonds is 2. The van der Waals surface area contributed by atoms with Crippen LogP contribution >= 0.6 is 15.9 Å². The molecule has 2 aromatic rings. The van der Waals surface area contributed by atoms with Gasteiger partial charge < -0.3 is 10.9 Å². The van der Waals surface area contributed by atoms with Gasteiger partial charge >= 0.3 is 0 Å². The first-order chi connectivity index (χ1) is 8.54. The van der Waals surface area contributed by atoms with Crippen LogP contribution in [0.5, 0.6) is 0 Å². The highest BCUT2D eigenvalue weighted by Crippen LogP contribution is 2.22. The van der Waals surface area contributed by atoms with E-state index in [9.17, 15) is 0 Å². The zero-order valence-electron chi connectivity index (χ0n) is 10.1. The standard InChI is InChI=1S/C12H13BrN4O/c1-7-11(13)8(2)17(15-7)10-5-3-9(4-6-10)12(14)16-18/h3-6,18H,1-2H3,(H2,14,16). The van der Waals surface area contributed by atoms with Gasteiger partial charge in [-0.15, -0.1) is 0 Å². The number of hydrogen-bond donors (Lipinski definition) is 2. The van der Waals surface area contributed by atoms with Crippen molar-refractivity contribution in [2.24, 2.45) is 10.9 Å². The van der Waals surface area contributed by atoms with Gasteiger partial charge in [-0.1, -0.05) is 5.16 Å². The number of benzene rings is 1. The van der Waals surface area contributed by atoms with Gasteiger partial charge in [0.2, 0.25) is 0 Å². The highest BCUT2D eigenvalue weighted by molar-refractivity contribution is 9.10. The van der Waals surface area contributed by atoms with Crippen molar-refractivity contribution in [1.29, 1.82) is 0 Å². The fourth-order valence-corrected chi connectivity index (χ4v) is 1.95. The summed E-state index contributed by atoms with van der Waals surface area (Å²) >= 11 is 3.49. The minimum atomic E-state index is 0.0936. The van der Waals surface area contributed by atoms with Crippen molar-refractivity contribution in [2.45, 2.75) is 13.8 Å². The molecule has 0 fully saturated rings. The smallest absolute Gasteiger partial charge is 0.170 e. The molecule has 0 atom stereocenters. The van der Waals surface area contributed by atoms with Gasteiger partial charge in [0.1, 0.15) is 0 Å². The number of nitrogens with zero attached hydrogens (tertiary/aromatic N) is 3. The average Bonchev–Trinajstić information content (AvgIpc) is 2.66. The summed E-state index contributed by atoms with van der Waals surface area (Å²) in [5.74, 6) is 0.0936. The zero-order chi connectivity index (χ0) is 13.3. The summed E-state index contributed by atoms with van der Waals surface area (Å²) in [5.41, 5.74) is 9.08. The summed E-state index contributed by atoms with van der Waals surface area (Å²) in [6.07, 6.45) is 0. The minimum absolute atomic E-state index is 0.0936. The van der Waals surface area contributed by atoms with Crippen LogP contribution in [0.1, 0.15) is 17.0 Å². The van der Waals surface area contributed by atoms with Crippen molar-refractivity contribution in [3.8, 4) is 5.69 Å². The van der Waals surface area contributed by atoms with E-state index < -0.39 is 0 Å².